The van der Waals surface area contributed by atoms with E-state index in [0.717, 1.165) is 12.8 Å². The first kappa shape index (κ1) is 36.3. The van der Waals surface area contributed by atoms with Crippen molar-refractivity contribution in [3.63, 3.8) is 0 Å². The van der Waals surface area contributed by atoms with Gasteiger partial charge in [-0.3, -0.25) is 14.6 Å². The Hall–Kier alpha value is -5.50. The fraction of sp³-hybridized carbons (Fsp3) is 0.486. The van der Waals surface area contributed by atoms with Crippen molar-refractivity contribution in [2.45, 2.75) is 76.7 Å². The van der Waals surface area contributed by atoms with Gasteiger partial charge in [-0.2, -0.15) is 0 Å². The average Bonchev–Trinajstić information content (AvgIpc) is 3.88. The van der Waals surface area contributed by atoms with E-state index in [0.29, 0.717) is 48.8 Å². The van der Waals surface area contributed by atoms with Crippen molar-refractivity contribution < 1.29 is 28.7 Å². The van der Waals surface area contributed by atoms with E-state index in [9.17, 15) is 19.2 Å². The number of aliphatic imine (C=N–C) groups is 1. The minimum atomic E-state index is -0.907. The van der Waals surface area contributed by atoms with E-state index in [1.807, 2.05) is 19.9 Å². The summed E-state index contributed by atoms with van der Waals surface area (Å²) in [6.45, 7) is 6.51. The molecule has 1 aromatic carbocycles. The van der Waals surface area contributed by atoms with Gasteiger partial charge in [0.25, 0.3) is 5.91 Å². The number of benzene rings is 1. The zero-order valence-electron chi connectivity index (χ0n) is 28.5. The number of nitrogens with one attached hydrogen (secondary N) is 3. The van der Waals surface area contributed by atoms with Crippen LogP contribution < -0.4 is 16.4 Å². The van der Waals surface area contributed by atoms with Crippen molar-refractivity contribution in [3.05, 3.63) is 53.6 Å². The van der Waals surface area contributed by atoms with E-state index < -0.39 is 36.4 Å². The first-order valence-electron chi connectivity index (χ1n) is 16.3. The number of H-pyrrole nitrogens is 1. The number of imidazole rings is 1. The summed E-state index contributed by atoms with van der Waals surface area (Å²) in [6.07, 6.45) is 3.13. The molecule has 2 aliphatic heterocycles. The van der Waals surface area contributed by atoms with Crippen LogP contribution in [0.25, 0.3) is 0 Å². The Morgan fingerprint density at radius 2 is 1.63 bits per heavy atom. The molecule has 5 atom stereocenters. The van der Waals surface area contributed by atoms with Gasteiger partial charge in [0, 0.05) is 13.1 Å². The Kier molecular flexibility index (Phi) is 12.7. The number of aromatic nitrogens is 2. The third kappa shape index (κ3) is 9.32. The van der Waals surface area contributed by atoms with Crippen LogP contribution in [0.2, 0.25) is 0 Å². The SMILES string of the molecule is COC(=O)N[C@H](C(=O)N1CCC[C@H]1C(N)=NC(C)C#CC#Cc1cnc([C@@H]2CCCN2C(=O)[C@H](NC(=O)OC)c2ccccc2)[nH]1)C(C)C. The van der Waals surface area contributed by atoms with Gasteiger partial charge in [-0.05, 0) is 61.8 Å². The lowest BCUT2D eigenvalue weighted by Crippen LogP contribution is -2.54. The van der Waals surface area contributed by atoms with Crippen LogP contribution in [0.1, 0.15) is 75.6 Å². The maximum atomic E-state index is 13.7. The van der Waals surface area contributed by atoms with Gasteiger partial charge in [0.15, 0.2) is 0 Å². The molecule has 4 rings (SSSR count). The number of carbonyl (C=O) groups excluding carboxylic acids is 4. The predicted octanol–water partition coefficient (Wildman–Crippen LogP) is 2.64. The highest BCUT2D eigenvalue weighted by Crippen LogP contribution is 2.33. The van der Waals surface area contributed by atoms with Crippen molar-refractivity contribution >= 4 is 29.8 Å². The van der Waals surface area contributed by atoms with Crippen LogP contribution in [0.3, 0.4) is 0 Å². The molecule has 0 saturated carbocycles. The molecule has 0 radical (unpaired) electrons. The molecule has 260 valence electrons. The molecule has 14 nitrogen and oxygen atoms in total. The van der Waals surface area contributed by atoms with Crippen molar-refractivity contribution in [2.24, 2.45) is 16.6 Å². The average molecular weight is 673 g/mol. The van der Waals surface area contributed by atoms with Crippen LogP contribution >= 0.6 is 0 Å². The van der Waals surface area contributed by atoms with E-state index >= 15 is 0 Å². The van der Waals surface area contributed by atoms with Gasteiger partial charge >= 0.3 is 12.2 Å². The largest absolute Gasteiger partial charge is 0.453 e. The van der Waals surface area contributed by atoms with Gasteiger partial charge in [-0.25, -0.2) is 14.6 Å². The Morgan fingerprint density at radius 3 is 2.33 bits per heavy atom. The number of methoxy groups -OCH3 is 2. The van der Waals surface area contributed by atoms with Gasteiger partial charge in [-0.15, -0.1) is 0 Å². The summed E-state index contributed by atoms with van der Waals surface area (Å²) >= 11 is 0. The minimum absolute atomic E-state index is 0.151. The lowest BCUT2D eigenvalue weighted by Gasteiger charge is -2.30. The molecule has 5 N–H and O–H groups in total. The number of likely N-dealkylation sites (tertiary alicyclic amines) is 2. The molecule has 14 heteroatoms. The molecule has 49 heavy (non-hydrogen) atoms. The number of hydrogen-bond donors (Lipinski definition) is 4. The monoisotopic (exact) mass is 672 g/mol. The number of amides is 4. The maximum absolute atomic E-state index is 13.7. The molecule has 1 unspecified atom stereocenters. The Labute approximate surface area is 286 Å². The standard InChI is InChI=1S/C35H44N8O6/c1-22(2)28(40-34(46)48-4)32(44)42-19-11-17-26(42)30(36)38-23(3)13-9-10-16-25-21-37-31(39-25)27-18-12-20-43(27)33(45)29(41-35(47)49-5)24-14-7-6-8-15-24/h6-8,14-15,21-23,26-29H,11-12,17-20H2,1-5H3,(H2,36,38)(H,37,39)(H,40,46)(H,41,47)/t23?,26-,27-,28-,29+/m0/s1. The fourth-order valence-electron chi connectivity index (χ4n) is 5.96. The molecule has 0 spiro atoms. The second-order valence-electron chi connectivity index (χ2n) is 12.1. The quantitative estimate of drug-likeness (QED) is 0.178. The maximum Gasteiger partial charge on any atom is 0.407 e. The number of carbonyl (C=O) groups is 4. The van der Waals surface area contributed by atoms with Crippen molar-refractivity contribution in [2.75, 3.05) is 27.3 Å². The van der Waals surface area contributed by atoms with E-state index in [-0.39, 0.29) is 23.8 Å². The van der Waals surface area contributed by atoms with Crippen molar-refractivity contribution in [1.82, 2.24) is 30.4 Å². The van der Waals surface area contributed by atoms with Crippen LogP contribution in [0, 0.1) is 29.6 Å². The number of ether oxygens (including phenoxy) is 2. The molecule has 3 heterocycles. The molecule has 0 aliphatic carbocycles. The van der Waals surface area contributed by atoms with Gasteiger partial charge in [0.05, 0.1) is 32.5 Å². The minimum Gasteiger partial charge on any atom is -0.453 e. The summed E-state index contributed by atoms with van der Waals surface area (Å²) in [5.74, 6) is 11.8. The molecule has 2 aromatic rings. The Balaban J connectivity index is 1.40. The highest BCUT2D eigenvalue weighted by Gasteiger charge is 2.38. The summed E-state index contributed by atoms with van der Waals surface area (Å²) in [5.41, 5.74) is 7.54. The van der Waals surface area contributed by atoms with Crippen LogP contribution in [-0.4, -0.2) is 95.0 Å². The van der Waals surface area contributed by atoms with E-state index in [1.54, 1.807) is 47.2 Å². The highest BCUT2D eigenvalue weighted by atomic mass is 16.5. The topological polar surface area (TPSA) is 184 Å². The molecular weight excluding hydrogens is 628 g/mol. The molecular formula is C35H44N8O6. The zero-order valence-corrected chi connectivity index (χ0v) is 28.5. The normalized spacial score (nSPS) is 19.1. The molecule has 2 aliphatic rings. The van der Waals surface area contributed by atoms with E-state index in [1.165, 1.54) is 14.2 Å². The Bertz CT molecular complexity index is 1650. The zero-order chi connectivity index (χ0) is 35.5. The van der Waals surface area contributed by atoms with E-state index in [2.05, 4.69) is 54.0 Å². The summed E-state index contributed by atoms with van der Waals surface area (Å²) in [7, 11) is 2.51. The number of rotatable bonds is 9. The van der Waals surface area contributed by atoms with Gasteiger partial charge in [0.1, 0.15) is 35.5 Å². The van der Waals surface area contributed by atoms with Crippen LogP contribution in [0.5, 0.6) is 0 Å². The third-order valence-corrected chi connectivity index (χ3v) is 8.43. The number of hydrogen-bond acceptors (Lipinski definition) is 8. The fourth-order valence-corrected chi connectivity index (χ4v) is 5.96. The molecule has 1 aromatic heterocycles. The number of amidine groups is 1. The van der Waals surface area contributed by atoms with Crippen LogP contribution in [-0.2, 0) is 19.1 Å². The number of aromatic amines is 1. The Morgan fingerprint density at radius 1 is 0.959 bits per heavy atom. The molecule has 2 fully saturated rings. The first-order valence-corrected chi connectivity index (χ1v) is 16.3. The molecule has 2 saturated heterocycles. The van der Waals surface area contributed by atoms with Crippen molar-refractivity contribution in [1.29, 1.82) is 0 Å². The van der Waals surface area contributed by atoms with Crippen LogP contribution in [0.15, 0.2) is 41.5 Å². The summed E-state index contributed by atoms with van der Waals surface area (Å²) in [5, 5.41) is 5.28. The van der Waals surface area contributed by atoms with Gasteiger partial charge < -0.3 is 40.6 Å². The second kappa shape index (κ2) is 17.1. The number of nitrogens with zero attached hydrogens (tertiary/aromatic N) is 4. The predicted molar refractivity (Wildman–Crippen MR) is 182 cm³/mol. The summed E-state index contributed by atoms with van der Waals surface area (Å²) < 4.78 is 9.45. The summed E-state index contributed by atoms with van der Waals surface area (Å²) in [6, 6.07) is 6.18. The van der Waals surface area contributed by atoms with Gasteiger partial charge in [0.2, 0.25) is 5.91 Å². The van der Waals surface area contributed by atoms with Crippen molar-refractivity contribution in [3.8, 4) is 23.7 Å². The first-order chi connectivity index (χ1) is 23.5. The van der Waals surface area contributed by atoms with Gasteiger partial charge in [-0.1, -0.05) is 50.1 Å². The lowest BCUT2D eigenvalue weighted by atomic mass is 10.0. The third-order valence-electron chi connectivity index (χ3n) is 8.43. The molecule has 0 bridgehead atoms. The summed E-state index contributed by atoms with van der Waals surface area (Å²) in [4.78, 5) is 66.5. The molecule has 4 amide bonds. The number of alkyl carbamates (subject to hydrolysis) is 2. The van der Waals surface area contributed by atoms with E-state index in [4.69, 9.17) is 10.5 Å². The smallest absolute Gasteiger partial charge is 0.407 e. The number of nitrogens with two attached hydrogens (primary N) is 1. The lowest BCUT2D eigenvalue weighted by molar-refractivity contribution is -0.135. The highest BCUT2D eigenvalue weighted by molar-refractivity contribution is 5.94. The second-order valence-corrected chi connectivity index (χ2v) is 12.1. The van der Waals surface area contributed by atoms with Crippen LogP contribution in [0.4, 0.5) is 9.59 Å².